The second-order valence-electron chi connectivity index (χ2n) is 5.22. The molecule has 24 heavy (non-hydrogen) atoms. The third-order valence-electron chi connectivity index (χ3n) is 3.55. The number of Topliss-reactive ketones (excluding diaryl/α,β-unsaturated/α-hetero) is 1. The van der Waals surface area contributed by atoms with Crippen molar-refractivity contribution < 1.29 is 23.4 Å². The maximum Gasteiger partial charge on any atom is 0.176 e. The van der Waals surface area contributed by atoms with Crippen LogP contribution in [0.4, 0.5) is 4.39 Å². The smallest absolute Gasteiger partial charge is 0.176 e. The van der Waals surface area contributed by atoms with Crippen LogP contribution in [0, 0.1) is 5.82 Å². The summed E-state index contributed by atoms with van der Waals surface area (Å²) in [4.78, 5) is 13.3. The number of hydrogen-bond donors (Lipinski definition) is 0. The van der Waals surface area contributed by atoms with Crippen molar-refractivity contribution in [1.29, 1.82) is 0 Å². The second kappa shape index (κ2) is 7.57. The summed E-state index contributed by atoms with van der Waals surface area (Å²) in [5, 5.41) is 0. The number of thioether (sulfide) groups is 1. The van der Waals surface area contributed by atoms with Crippen LogP contribution < -0.4 is 14.2 Å². The highest BCUT2D eigenvalue weighted by Gasteiger charge is 2.15. The molecule has 3 rings (SSSR count). The Balaban J connectivity index is 1.71. The van der Waals surface area contributed by atoms with Crippen molar-refractivity contribution in [2.24, 2.45) is 0 Å². The lowest BCUT2D eigenvalue weighted by atomic mass is 10.1. The average molecular weight is 348 g/mol. The lowest BCUT2D eigenvalue weighted by molar-refractivity contribution is 0.101. The molecule has 0 atom stereocenters. The fourth-order valence-electron chi connectivity index (χ4n) is 2.36. The fraction of sp³-hybridized carbons (Fsp3) is 0.278. The van der Waals surface area contributed by atoms with Crippen LogP contribution in [-0.4, -0.2) is 31.9 Å². The van der Waals surface area contributed by atoms with Gasteiger partial charge < -0.3 is 14.2 Å². The van der Waals surface area contributed by atoms with Crippen LogP contribution in [0.2, 0.25) is 0 Å². The van der Waals surface area contributed by atoms with E-state index in [0.717, 1.165) is 17.1 Å². The summed E-state index contributed by atoms with van der Waals surface area (Å²) in [7, 11) is 1.46. The summed E-state index contributed by atoms with van der Waals surface area (Å²) in [6, 6.07) is 9.52. The molecule has 0 unspecified atom stereocenters. The van der Waals surface area contributed by atoms with Crippen molar-refractivity contribution in [3.8, 4) is 17.2 Å². The molecular weight excluding hydrogens is 331 g/mol. The van der Waals surface area contributed by atoms with E-state index in [9.17, 15) is 9.18 Å². The Morgan fingerprint density at radius 2 is 1.96 bits per heavy atom. The molecule has 2 aromatic rings. The monoisotopic (exact) mass is 348 g/mol. The predicted octanol–water partition coefficient (Wildman–Crippen LogP) is 3.97. The highest BCUT2D eigenvalue weighted by molar-refractivity contribution is 8.00. The first-order valence-corrected chi connectivity index (χ1v) is 8.55. The molecule has 4 nitrogen and oxygen atoms in total. The molecule has 0 N–H and O–H groups in total. The van der Waals surface area contributed by atoms with E-state index in [1.165, 1.54) is 37.1 Å². The Labute approximate surface area is 143 Å². The quantitative estimate of drug-likeness (QED) is 0.604. The first kappa shape index (κ1) is 16.6. The third kappa shape index (κ3) is 3.82. The molecule has 1 aliphatic heterocycles. The van der Waals surface area contributed by atoms with Crippen LogP contribution in [0.5, 0.6) is 17.2 Å². The molecule has 0 aromatic heterocycles. The summed E-state index contributed by atoms with van der Waals surface area (Å²) < 4.78 is 29.7. The Morgan fingerprint density at radius 3 is 2.75 bits per heavy atom. The first-order valence-electron chi connectivity index (χ1n) is 7.56. The Hall–Kier alpha value is -2.21. The van der Waals surface area contributed by atoms with Crippen molar-refractivity contribution in [3.63, 3.8) is 0 Å². The number of halogens is 1. The number of hydrogen-bond acceptors (Lipinski definition) is 5. The topological polar surface area (TPSA) is 44.8 Å². The highest BCUT2D eigenvalue weighted by atomic mass is 32.2. The third-order valence-corrected chi connectivity index (χ3v) is 4.54. The van der Waals surface area contributed by atoms with Gasteiger partial charge in [-0.15, -0.1) is 11.8 Å². The van der Waals surface area contributed by atoms with Gasteiger partial charge in [-0.1, -0.05) is 0 Å². The van der Waals surface area contributed by atoms with Gasteiger partial charge in [0, 0.05) is 11.3 Å². The van der Waals surface area contributed by atoms with Crippen LogP contribution in [0.15, 0.2) is 41.3 Å². The van der Waals surface area contributed by atoms with E-state index < -0.39 is 5.82 Å². The fourth-order valence-corrected chi connectivity index (χ4v) is 3.17. The van der Waals surface area contributed by atoms with E-state index in [1.807, 2.05) is 18.2 Å². The van der Waals surface area contributed by atoms with Gasteiger partial charge in [-0.2, -0.15) is 0 Å². The van der Waals surface area contributed by atoms with Gasteiger partial charge in [-0.3, -0.25) is 4.79 Å². The Bertz CT molecular complexity index is 748. The minimum atomic E-state index is -0.459. The van der Waals surface area contributed by atoms with E-state index in [1.54, 1.807) is 0 Å². The lowest BCUT2D eigenvalue weighted by Crippen LogP contribution is -2.05. The Morgan fingerprint density at radius 1 is 1.17 bits per heavy atom. The molecule has 0 saturated heterocycles. The van der Waals surface area contributed by atoms with E-state index in [0.29, 0.717) is 24.7 Å². The van der Waals surface area contributed by atoms with Gasteiger partial charge >= 0.3 is 0 Å². The zero-order valence-corrected chi connectivity index (χ0v) is 14.0. The molecule has 0 fully saturated rings. The van der Waals surface area contributed by atoms with E-state index in [2.05, 4.69) is 0 Å². The molecule has 0 saturated carbocycles. The summed E-state index contributed by atoms with van der Waals surface area (Å²) >= 11 is 1.36. The van der Waals surface area contributed by atoms with Crippen LogP contribution in [-0.2, 0) is 0 Å². The summed E-state index contributed by atoms with van der Waals surface area (Å²) in [5.74, 6) is 1.31. The molecule has 0 bridgehead atoms. The number of ketones is 1. The molecule has 1 heterocycles. The number of ether oxygens (including phenoxy) is 3. The summed E-state index contributed by atoms with van der Waals surface area (Å²) in [6.45, 7) is 1.25. The van der Waals surface area contributed by atoms with Crippen molar-refractivity contribution in [1.82, 2.24) is 0 Å². The molecule has 2 aromatic carbocycles. The van der Waals surface area contributed by atoms with E-state index in [4.69, 9.17) is 14.2 Å². The van der Waals surface area contributed by atoms with E-state index >= 15 is 0 Å². The number of methoxy groups -OCH3 is 1. The first-order chi connectivity index (χ1) is 11.7. The SMILES string of the molecule is COc1ccc(F)cc1C(=O)CSc1ccc2c(c1)OCCCO2. The van der Waals surface area contributed by atoms with Crippen molar-refractivity contribution >= 4 is 17.5 Å². The zero-order valence-electron chi connectivity index (χ0n) is 13.2. The highest BCUT2D eigenvalue weighted by Crippen LogP contribution is 2.34. The number of carbonyl (C=O) groups excluding carboxylic acids is 1. The second-order valence-corrected chi connectivity index (χ2v) is 6.26. The van der Waals surface area contributed by atoms with Gasteiger partial charge in [0.05, 0.1) is 31.6 Å². The minimum Gasteiger partial charge on any atom is -0.496 e. The predicted molar refractivity (Wildman–Crippen MR) is 90.1 cm³/mol. The van der Waals surface area contributed by atoms with Crippen LogP contribution in [0.3, 0.4) is 0 Å². The van der Waals surface area contributed by atoms with Gasteiger partial charge in [0.25, 0.3) is 0 Å². The standard InChI is InChI=1S/C18H17FO4S/c1-21-16-5-3-12(19)9-14(16)15(20)11-24-13-4-6-17-18(10-13)23-8-2-7-22-17/h3-6,9-10H,2,7-8,11H2,1H3. The summed E-state index contributed by atoms with van der Waals surface area (Å²) in [6.07, 6.45) is 0.842. The zero-order chi connectivity index (χ0) is 16.9. The van der Waals surface area contributed by atoms with Crippen LogP contribution in [0.25, 0.3) is 0 Å². The average Bonchev–Trinajstić information content (AvgIpc) is 2.84. The van der Waals surface area contributed by atoms with Gasteiger partial charge in [-0.05, 0) is 36.4 Å². The van der Waals surface area contributed by atoms with Crippen molar-refractivity contribution in [2.45, 2.75) is 11.3 Å². The molecular formula is C18H17FO4S. The molecule has 0 spiro atoms. The Kier molecular flexibility index (Phi) is 5.25. The number of fused-ring (bicyclic) bond motifs is 1. The number of rotatable bonds is 5. The van der Waals surface area contributed by atoms with Gasteiger partial charge in [0.15, 0.2) is 17.3 Å². The number of carbonyl (C=O) groups is 1. The largest absolute Gasteiger partial charge is 0.496 e. The molecule has 6 heteroatoms. The summed E-state index contributed by atoms with van der Waals surface area (Å²) in [5.41, 5.74) is 0.249. The van der Waals surface area contributed by atoms with Crippen molar-refractivity contribution in [3.05, 3.63) is 47.8 Å². The van der Waals surface area contributed by atoms with Gasteiger partial charge in [0.1, 0.15) is 11.6 Å². The van der Waals surface area contributed by atoms with Gasteiger partial charge in [0.2, 0.25) is 0 Å². The molecule has 0 radical (unpaired) electrons. The molecule has 0 amide bonds. The van der Waals surface area contributed by atoms with Crippen LogP contribution >= 0.6 is 11.8 Å². The minimum absolute atomic E-state index is 0.180. The molecule has 126 valence electrons. The van der Waals surface area contributed by atoms with Crippen LogP contribution in [0.1, 0.15) is 16.8 Å². The molecule has 1 aliphatic rings. The lowest BCUT2D eigenvalue weighted by Gasteiger charge is -2.10. The van der Waals surface area contributed by atoms with E-state index in [-0.39, 0.29) is 17.1 Å². The number of benzene rings is 2. The van der Waals surface area contributed by atoms with Crippen molar-refractivity contribution in [2.75, 3.05) is 26.1 Å². The maximum atomic E-state index is 13.4. The molecule has 0 aliphatic carbocycles. The normalized spacial score (nSPS) is 13.2. The van der Waals surface area contributed by atoms with Gasteiger partial charge in [-0.25, -0.2) is 4.39 Å². The maximum absolute atomic E-state index is 13.4.